The summed E-state index contributed by atoms with van der Waals surface area (Å²) in [5.74, 6) is 0. The highest BCUT2D eigenvalue weighted by molar-refractivity contribution is 6.10. The lowest BCUT2D eigenvalue weighted by atomic mass is 10.1. The molecule has 10 heavy (non-hydrogen) atoms. The molecular weight excluding hydrogens is 128 g/mol. The molecule has 0 aliphatic rings. The SMILES string of the molecule is C=C(CC)/C(C#N)=N\OC. The summed E-state index contributed by atoms with van der Waals surface area (Å²) in [6, 6.07) is 1.88. The number of allylic oxidation sites excluding steroid dienone is 1. The molecule has 0 spiro atoms. The number of nitriles is 1. The van der Waals surface area contributed by atoms with E-state index in [1.165, 1.54) is 7.11 Å². The van der Waals surface area contributed by atoms with Gasteiger partial charge < -0.3 is 4.84 Å². The molecule has 0 fully saturated rings. The van der Waals surface area contributed by atoms with Crippen LogP contribution in [0.4, 0.5) is 0 Å². The van der Waals surface area contributed by atoms with E-state index >= 15 is 0 Å². The normalized spacial score (nSPS) is 10.3. The molecule has 0 atom stereocenters. The van der Waals surface area contributed by atoms with Gasteiger partial charge in [-0.15, -0.1) is 0 Å². The van der Waals surface area contributed by atoms with Gasteiger partial charge in [-0.1, -0.05) is 18.7 Å². The Bertz CT molecular complexity index is 188. The summed E-state index contributed by atoms with van der Waals surface area (Å²) in [7, 11) is 1.40. The van der Waals surface area contributed by atoms with Crippen molar-refractivity contribution >= 4 is 5.71 Å². The van der Waals surface area contributed by atoms with Crippen molar-refractivity contribution < 1.29 is 4.84 Å². The van der Waals surface area contributed by atoms with Gasteiger partial charge in [-0.2, -0.15) is 5.26 Å². The molecule has 0 aliphatic carbocycles. The van der Waals surface area contributed by atoms with Crippen molar-refractivity contribution in [3.63, 3.8) is 0 Å². The van der Waals surface area contributed by atoms with Gasteiger partial charge in [0.15, 0.2) is 5.71 Å². The lowest BCUT2D eigenvalue weighted by Crippen LogP contribution is -1.97. The standard InChI is InChI=1S/C7H10N2O/c1-4-6(2)7(5-8)9-10-3/h2,4H2,1,3H3/b9-7-. The van der Waals surface area contributed by atoms with Crippen molar-refractivity contribution in [2.75, 3.05) is 7.11 Å². The van der Waals surface area contributed by atoms with Crippen LogP contribution in [0.25, 0.3) is 0 Å². The van der Waals surface area contributed by atoms with Crippen LogP contribution in [-0.2, 0) is 4.84 Å². The summed E-state index contributed by atoms with van der Waals surface area (Å²) < 4.78 is 0. The highest BCUT2D eigenvalue weighted by atomic mass is 16.6. The Labute approximate surface area is 60.6 Å². The molecule has 0 saturated heterocycles. The summed E-state index contributed by atoms with van der Waals surface area (Å²) in [5, 5.41) is 11.9. The summed E-state index contributed by atoms with van der Waals surface area (Å²) in [5.41, 5.74) is 0.967. The molecule has 0 bridgehead atoms. The first-order valence-corrected chi connectivity index (χ1v) is 2.95. The topological polar surface area (TPSA) is 45.4 Å². The van der Waals surface area contributed by atoms with E-state index in [0.29, 0.717) is 5.57 Å². The van der Waals surface area contributed by atoms with Gasteiger partial charge in [0.1, 0.15) is 13.2 Å². The fourth-order valence-electron chi connectivity index (χ4n) is 0.423. The molecule has 0 aromatic rings. The Morgan fingerprint density at radius 1 is 1.80 bits per heavy atom. The Morgan fingerprint density at radius 3 is 2.70 bits per heavy atom. The number of hydrogen-bond donors (Lipinski definition) is 0. The summed E-state index contributed by atoms with van der Waals surface area (Å²) in [4.78, 5) is 4.42. The Morgan fingerprint density at radius 2 is 2.40 bits per heavy atom. The van der Waals surface area contributed by atoms with Crippen molar-refractivity contribution in [3.8, 4) is 6.07 Å². The summed E-state index contributed by atoms with van der Waals surface area (Å²) in [6.07, 6.45) is 0.718. The zero-order valence-corrected chi connectivity index (χ0v) is 6.22. The number of hydrogen-bond acceptors (Lipinski definition) is 3. The average molecular weight is 138 g/mol. The monoisotopic (exact) mass is 138 g/mol. The van der Waals surface area contributed by atoms with Crippen molar-refractivity contribution in [2.45, 2.75) is 13.3 Å². The van der Waals surface area contributed by atoms with Gasteiger partial charge in [0, 0.05) is 0 Å². The van der Waals surface area contributed by atoms with E-state index in [4.69, 9.17) is 5.26 Å². The molecule has 0 aliphatic heterocycles. The third-order valence-corrected chi connectivity index (χ3v) is 1.05. The van der Waals surface area contributed by atoms with Crippen molar-refractivity contribution in [1.29, 1.82) is 5.26 Å². The zero-order valence-electron chi connectivity index (χ0n) is 6.22. The molecule has 0 N–H and O–H groups in total. The maximum atomic E-state index is 8.44. The fourth-order valence-corrected chi connectivity index (χ4v) is 0.423. The van der Waals surface area contributed by atoms with Crippen LogP contribution in [-0.4, -0.2) is 12.8 Å². The highest BCUT2D eigenvalue weighted by Gasteiger charge is 1.99. The smallest absolute Gasteiger partial charge is 0.182 e. The van der Waals surface area contributed by atoms with E-state index in [1.54, 1.807) is 0 Å². The molecule has 0 aromatic heterocycles. The van der Waals surface area contributed by atoms with Gasteiger partial charge in [0.2, 0.25) is 0 Å². The predicted molar refractivity (Wildman–Crippen MR) is 39.5 cm³/mol. The first-order chi connectivity index (χ1) is 4.76. The van der Waals surface area contributed by atoms with E-state index in [0.717, 1.165) is 6.42 Å². The molecule has 0 rings (SSSR count). The minimum atomic E-state index is 0.269. The molecule has 54 valence electrons. The molecule has 0 radical (unpaired) electrons. The second-order valence-corrected chi connectivity index (χ2v) is 1.69. The lowest BCUT2D eigenvalue weighted by Gasteiger charge is -1.95. The number of rotatable bonds is 3. The maximum absolute atomic E-state index is 8.44. The van der Waals surface area contributed by atoms with Crippen LogP contribution in [0.5, 0.6) is 0 Å². The Kier molecular flexibility index (Phi) is 3.97. The maximum Gasteiger partial charge on any atom is 0.182 e. The fraction of sp³-hybridized carbons (Fsp3) is 0.429. The molecule has 0 unspecified atom stereocenters. The molecule has 3 heteroatoms. The van der Waals surface area contributed by atoms with Crippen LogP contribution in [0.2, 0.25) is 0 Å². The zero-order chi connectivity index (χ0) is 7.98. The van der Waals surface area contributed by atoms with Gasteiger partial charge in [-0.25, -0.2) is 0 Å². The Hall–Kier alpha value is -1.30. The third kappa shape index (κ3) is 2.31. The minimum Gasteiger partial charge on any atom is -0.398 e. The molecule has 0 amide bonds. The minimum absolute atomic E-state index is 0.269. The molecule has 0 aromatic carbocycles. The number of nitrogens with zero attached hydrogens (tertiary/aromatic N) is 2. The van der Waals surface area contributed by atoms with Crippen molar-refractivity contribution in [1.82, 2.24) is 0 Å². The van der Waals surface area contributed by atoms with Gasteiger partial charge in [0.25, 0.3) is 0 Å². The second-order valence-electron chi connectivity index (χ2n) is 1.69. The third-order valence-electron chi connectivity index (χ3n) is 1.05. The largest absolute Gasteiger partial charge is 0.398 e. The van der Waals surface area contributed by atoms with E-state index in [-0.39, 0.29) is 5.71 Å². The van der Waals surface area contributed by atoms with Crippen LogP contribution in [0, 0.1) is 11.3 Å². The average Bonchev–Trinajstić information content (AvgIpc) is 1.99. The van der Waals surface area contributed by atoms with Crippen molar-refractivity contribution in [2.24, 2.45) is 5.16 Å². The van der Waals surface area contributed by atoms with Crippen LogP contribution < -0.4 is 0 Å². The summed E-state index contributed by atoms with van der Waals surface area (Å²) in [6.45, 7) is 5.54. The number of oxime groups is 1. The first-order valence-electron chi connectivity index (χ1n) is 2.95. The van der Waals surface area contributed by atoms with Crippen LogP contribution in [0.15, 0.2) is 17.3 Å². The molecular formula is C7H10N2O. The molecule has 0 heterocycles. The van der Waals surface area contributed by atoms with Crippen LogP contribution in [0.1, 0.15) is 13.3 Å². The molecule has 0 saturated carbocycles. The van der Waals surface area contributed by atoms with Crippen LogP contribution >= 0.6 is 0 Å². The first kappa shape index (κ1) is 8.70. The Balaban J connectivity index is 4.25. The predicted octanol–water partition coefficient (Wildman–Crippen LogP) is 1.48. The van der Waals surface area contributed by atoms with Gasteiger partial charge >= 0.3 is 0 Å². The van der Waals surface area contributed by atoms with Gasteiger partial charge in [-0.05, 0) is 12.0 Å². The second kappa shape index (κ2) is 4.57. The van der Waals surface area contributed by atoms with E-state index in [1.807, 2.05) is 13.0 Å². The quantitative estimate of drug-likeness (QED) is 0.438. The lowest BCUT2D eigenvalue weighted by molar-refractivity contribution is 0.214. The van der Waals surface area contributed by atoms with Gasteiger partial charge in [0.05, 0.1) is 0 Å². The van der Waals surface area contributed by atoms with E-state index in [2.05, 4.69) is 16.6 Å². The highest BCUT2D eigenvalue weighted by Crippen LogP contribution is 1.99. The van der Waals surface area contributed by atoms with Gasteiger partial charge in [-0.3, -0.25) is 0 Å². The summed E-state index contributed by atoms with van der Waals surface area (Å²) >= 11 is 0. The van der Waals surface area contributed by atoms with Crippen molar-refractivity contribution in [3.05, 3.63) is 12.2 Å². The van der Waals surface area contributed by atoms with E-state index < -0.39 is 0 Å². The van der Waals surface area contributed by atoms with E-state index in [9.17, 15) is 0 Å². The van der Waals surface area contributed by atoms with Crippen LogP contribution in [0.3, 0.4) is 0 Å². The molecule has 3 nitrogen and oxygen atoms in total.